The van der Waals surface area contributed by atoms with Gasteiger partial charge in [-0.05, 0) is 37.2 Å². The first-order chi connectivity index (χ1) is 15.7. The molecule has 3 heterocycles. The van der Waals surface area contributed by atoms with Gasteiger partial charge in [-0.2, -0.15) is 0 Å². The Balaban J connectivity index is 1.30. The van der Waals surface area contributed by atoms with Gasteiger partial charge in [-0.25, -0.2) is 9.98 Å². The lowest BCUT2D eigenvalue weighted by molar-refractivity contribution is 0.148. The number of hydrogen-bond acceptors (Lipinski definition) is 5. The summed E-state index contributed by atoms with van der Waals surface area (Å²) in [5.74, 6) is 2.07. The van der Waals surface area contributed by atoms with Crippen LogP contribution in [0.5, 0.6) is 0 Å². The molecule has 2 aromatic rings. The predicted molar refractivity (Wildman–Crippen MR) is 132 cm³/mol. The van der Waals surface area contributed by atoms with Crippen LogP contribution in [-0.2, 0) is 13.1 Å². The summed E-state index contributed by atoms with van der Waals surface area (Å²) < 4.78 is 0. The molecule has 2 aliphatic rings. The molecule has 1 aromatic carbocycles. The van der Waals surface area contributed by atoms with Gasteiger partial charge in [0, 0.05) is 71.6 Å². The van der Waals surface area contributed by atoms with E-state index >= 15 is 0 Å². The molecule has 0 saturated carbocycles. The van der Waals surface area contributed by atoms with Crippen molar-refractivity contribution in [1.29, 1.82) is 0 Å². The number of nitrogens with zero attached hydrogens (tertiary/aromatic N) is 6. The number of nitrogens with one attached hydrogen (secondary N) is 1. The van der Waals surface area contributed by atoms with Crippen LogP contribution in [0.1, 0.15) is 18.1 Å². The van der Waals surface area contributed by atoms with Gasteiger partial charge >= 0.3 is 0 Å². The number of hydrogen-bond donors (Lipinski definition) is 1. The molecule has 0 bridgehead atoms. The van der Waals surface area contributed by atoms with Crippen molar-refractivity contribution in [2.75, 3.05) is 70.9 Å². The maximum Gasteiger partial charge on any atom is 0.194 e. The highest BCUT2D eigenvalue weighted by atomic mass is 15.4. The number of aromatic nitrogens is 1. The highest BCUT2D eigenvalue weighted by Crippen LogP contribution is 2.14. The van der Waals surface area contributed by atoms with E-state index in [1.165, 1.54) is 11.1 Å². The SMILES string of the molecule is CCNC(=NCc1ccc(CN2CCN(C)CC2)cc1)N1CCN(c2ccccn2)CC1. The minimum Gasteiger partial charge on any atom is -0.357 e. The van der Waals surface area contributed by atoms with Gasteiger partial charge in [0.25, 0.3) is 0 Å². The van der Waals surface area contributed by atoms with Crippen LogP contribution in [0.2, 0.25) is 0 Å². The van der Waals surface area contributed by atoms with Crippen molar-refractivity contribution in [3.05, 3.63) is 59.8 Å². The highest BCUT2D eigenvalue weighted by Gasteiger charge is 2.20. The molecule has 7 heteroatoms. The molecule has 0 unspecified atom stereocenters. The molecule has 7 nitrogen and oxygen atoms in total. The van der Waals surface area contributed by atoms with E-state index in [2.05, 4.69) is 80.3 Å². The van der Waals surface area contributed by atoms with Gasteiger partial charge in [0.2, 0.25) is 0 Å². The largest absolute Gasteiger partial charge is 0.357 e. The standard InChI is InChI=1S/C25H37N7/c1-3-26-25(32-18-16-31(17-19-32)24-6-4-5-11-27-24)28-20-22-7-9-23(10-8-22)21-30-14-12-29(2)13-15-30/h4-11H,3,12-21H2,1-2H3,(H,26,28). The number of guanidine groups is 1. The van der Waals surface area contributed by atoms with E-state index in [1.54, 1.807) is 0 Å². The fourth-order valence-corrected chi connectivity index (χ4v) is 4.29. The number of piperazine rings is 2. The van der Waals surface area contributed by atoms with Gasteiger partial charge in [-0.1, -0.05) is 30.3 Å². The molecule has 0 amide bonds. The Morgan fingerprint density at radius 1 is 0.906 bits per heavy atom. The Kier molecular flexibility index (Phi) is 7.96. The van der Waals surface area contributed by atoms with E-state index < -0.39 is 0 Å². The van der Waals surface area contributed by atoms with Gasteiger partial charge < -0.3 is 20.0 Å². The van der Waals surface area contributed by atoms with Gasteiger partial charge in [0.15, 0.2) is 5.96 Å². The average Bonchev–Trinajstić information content (AvgIpc) is 2.85. The first-order valence-corrected chi connectivity index (χ1v) is 11.9. The van der Waals surface area contributed by atoms with E-state index in [-0.39, 0.29) is 0 Å². The summed E-state index contributed by atoms with van der Waals surface area (Å²) in [4.78, 5) is 19.1. The zero-order valence-corrected chi connectivity index (χ0v) is 19.6. The zero-order valence-electron chi connectivity index (χ0n) is 19.6. The minimum atomic E-state index is 0.706. The summed E-state index contributed by atoms with van der Waals surface area (Å²) in [6, 6.07) is 15.1. The number of anilines is 1. The highest BCUT2D eigenvalue weighted by molar-refractivity contribution is 5.80. The fourth-order valence-electron chi connectivity index (χ4n) is 4.29. The van der Waals surface area contributed by atoms with Crippen LogP contribution in [0.4, 0.5) is 5.82 Å². The molecule has 0 aliphatic carbocycles. The van der Waals surface area contributed by atoms with E-state index in [4.69, 9.17) is 4.99 Å². The van der Waals surface area contributed by atoms with Crippen LogP contribution in [0.3, 0.4) is 0 Å². The Labute approximate surface area is 192 Å². The number of rotatable bonds is 6. The minimum absolute atomic E-state index is 0.706. The first-order valence-electron chi connectivity index (χ1n) is 11.9. The molecule has 0 atom stereocenters. The van der Waals surface area contributed by atoms with Crippen molar-refractivity contribution in [2.24, 2.45) is 4.99 Å². The molecule has 4 rings (SSSR count). The van der Waals surface area contributed by atoms with Crippen LogP contribution >= 0.6 is 0 Å². The second kappa shape index (κ2) is 11.3. The van der Waals surface area contributed by atoms with Crippen molar-refractivity contribution in [1.82, 2.24) is 25.0 Å². The van der Waals surface area contributed by atoms with E-state index in [1.807, 2.05) is 12.3 Å². The molecule has 0 spiro atoms. The second-order valence-corrected chi connectivity index (χ2v) is 8.73. The second-order valence-electron chi connectivity index (χ2n) is 8.73. The zero-order chi connectivity index (χ0) is 22.2. The molecule has 2 saturated heterocycles. The van der Waals surface area contributed by atoms with Crippen LogP contribution in [0, 0.1) is 0 Å². The van der Waals surface area contributed by atoms with Crippen LogP contribution < -0.4 is 10.2 Å². The monoisotopic (exact) mass is 435 g/mol. The van der Waals surface area contributed by atoms with Crippen LogP contribution in [-0.4, -0.2) is 91.6 Å². The summed E-state index contributed by atoms with van der Waals surface area (Å²) >= 11 is 0. The maximum atomic E-state index is 4.94. The molecule has 2 fully saturated rings. The predicted octanol–water partition coefficient (Wildman–Crippen LogP) is 2.12. The summed E-state index contributed by atoms with van der Waals surface area (Å²) in [7, 11) is 2.20. The molecule has 32 heavy (non-hydrogen) atoms. The Bertz CT molecular complexity index is 836. The first kappa shape index (κ1) is 22.6. The smallest absolute Gasteiger partial charge is 0.194 e. The van der Waals surface area contributed by atoms with E-state index in [9.17, 15) is 0 Å². The van der Waals surface area contributed by atoms with Crippen LogP contribution in [0.15, 0.2) is 53.7 Å². The molecule has 1 N–H and O–H groups in total. The third kappa shape index (κ3) is 6.20. The summed E-state index contributed by atoms with van der Waals surface area (Å²) in [5.41, 5.74) is 2.65. The molecular formula is C25H37N7. The molecular weight excluding hydrogens is 398 g/mol. The van der Waals surface area contributed by atoms with Gasteiger partial charge in [0.05, 0.1) is 6.54 Å². The van der Waals surface area contributed by atoms with Crippen molar-refractivity contribution in [3.8, 4) is 0 Å². The lowest BCUT2D eigenvalue weighted by atomic mass is 10.1. The number of aliphatic imine (C=N–C) groups is 1. The summed E-state index contributed by atoms with van der Waals surface area (Å²) in [6.07, 6.45) is 1.86. The van der Waals surface area contributed by atoms with Crippen LogP contribution in [0.25, 0.3) is 0 Å². The third-order valence-electron chi connectivity index (χ3n) is 6.32. The maximum absolute atomic E-state index is 4.94. The lowest BCUT2D eigenvalue weighted by Gasteiger charge is -2.37. The Morgan fingerprint density at radius 3 is 2.28 bits per heavy atom. The average molecular weight is 436 g/mol. The summed E-state index contributed by atoms with van der Waals surface area (Å²) in [5, 5.41) is 3.48. The topological polar surface area (TPSA) is 50.2 Å². The third-order valence-corrected chi connectivity index (χ3v) is 6.32. The van der Waals surface area contributed by atoms with Gasteiger partial charge in [0.1, 0.15) is 5.82 Å². The Hall–Kier alpha value is -2.64. The molecule has 1 aromatic heterocycles. The van der Waals surface area contributed by atoms with E-state index in [0.29, 0.717) is 6.54 Å². The van der Waals surface area contributed by atoms with Crippen molar-refractivity contribution in [2.45, 2.75) is 20.0 Å². The van der Waals surface area contributed by atoms with Gasteiger partial charge in [-0.3, -0.25) is 4.90 Å². The summed E-state index contributed by atoms with van der Waals surface area (Å²) in [6.45, 7) is 13.2. The van der Waals surface area contributed by atoms with Crippen molar-refractivity contribution >= 4 is 11.8 Å². The van der Waals surface area contributed by atoms with Gasteiger partial charge in [-0.15, -0.1) is 0 Å². The quantitative estimate of drug-likeness (QED) is 0.554. The van der Waals surface area contributed by atoms with Crippen molar-refractivity contribution in [3.63, 3.8) is 0 Å². The molecule has 2 aliphatic heterocycles. The Morgan fingerprint density at radius 2 is 1.62 bits per heavy atom. The number of benzene rings is 1. The lowest BCUT2D eigenvalue weighted by Crippen LogP contribution is -2.52. The number of pyridine rings is 1. The fraction of sp³-hybridized carbons (Fsp3) is 0.520. The number of likely N-dealkylation sites (N-methyl/N-ethyl adjacent to an activating group) is 1. The molecule has 172 valence electrons. The normalized spacial score (nSPS) is 18.8. The van der Waals surface area contributed by atoms with Crippen molar-refractivity contribution < 1.29 is 0 Å². The molecule has 0 radical (unpaired) electrons. The van der Waals surface area contributed by atoms with E-state index in [0.717, 1.165) is 77.2 Å².